The van der Waals surface area contributed by atoms with Gasteiger partial charge in [-0.1, -0.05) is 0 Å². The van der Waals surface area contributed by atoms with Gasteiger partial charge in [0, 0.05) is 24.2 Å². The smallest absolute Gasteiger partial charge is 0.270 e. The quantitative estimate of drug-likeness (QED) is 0.431. The summed E-state index contributed by atoms with van der Waals surface area (Å²) in [6.07, 6.45) is 2.98. The second-order valence-corrected chi connectivity index (χ2v) is 3.95. The fourth-order valence-electron chi connectivity index (χ4n) is 1.63. The molecule has 0 saturated carbocycles. The number of nitro benzene ring substituents is 1. The normalized spacial score (nSPS) is 10.1. The summed E-state index contributed by atoms with van der Waals surface area (Å²) < 4.78 is 4.88. The number of rotatable bonds is 5. The summed E-state index contributed by atoms with van der Waals surface area (Å²) in [5.41, 5.74) is 3.34. The molecule has 20 heavy (non-hydrogen) atoms. The van der Waals surface area contributed by atoms with Crippen LogP contribution in [0.2, 0.25) is 0 Å². The minimum absolute atomic E-state index is 0.102. The predicted octanol–water partition coefficient (Wildman–Crippen LogP) is 1.40. The van der Waals surface area contributed by atoms with Gasteiger partial charge in [-0.25, -0.2) is 0 Å². The zero-order chi connectivity index (χ0) is 14.5. The summed E-state index contributed by atoms with van der Waals surface area (Å²) in [5, 5.41) is 13.4. The van der Waals surface area contributed by atoms with E-state index in [0.29, 0.717) is 5.69 Å². The molecule has 0 aliphatic carbocycles. The number of non-ortho nitro benzene ring substituents is 1. The molecular formula is C12H12N4O4. The molecule has 0 saturated heterocycles. The second-order valence-electron chi connectivity index (χ2n) is 3.95. The lowest BCUT2D eigenvalue weighted by atomic mass is 10.1. The van der Waals surface area contributed by atoms with Crippen LogP contribution in [0.3, 0.4) is 0 Å². The van der Waals surface area contributed by atoms with E-state index in [-0.39, 0.29) is 17.8 Å². The number of carbonyl (C=O) groups is 1. The number of furan rings is 1. The molecule has 0 aliphatic heterocycles. The minimum Gasteiger partial charge on any atom is -0.472 e. The Hall–Kier alpha value is -2.87. The topological polar surface area (TPSA) is 123 Å². The number of hydrazine groups is 1. The van der Waals surface area contributed by atoms with Crippen LogP contribution in [0.15, 0.2) is 41.2 Å². The number of nitrogens with one attached hydrogen (secondary N) is 2. The fourth-order valence-corrected chi connectivity index (χ4v) is 1.63. The Morgan fingerprint density at radius 2 is 2.20 bits per heavy atom. The monoisotopic (exact) mass is 276 g/mol. The summed E-state index contributed by atoms with van der Waals surface area (Å²) in [4.78, 5) is 22.2. The first-order valence-electron chi connectivity index (χ1n) is 5.66. The number of nitrogens with zero attached hydrogens (tertiary/aromatic N) is 1. The third kappa shape index (κ3) is 2.93. The van der Waals surface area contributed by atoms with Crippen molar-refractivity contribution in [2.75, 3.05) is 5.43 Å². The van der Waals surface area contributed by atoms with Crippen molar-refractivity contribution in [1.82, 2.24) is 5.32 Å². The first-order chi connectivity index (χ1) is 9.61. The standard InChI is InChI=1S/C12H12N4O4/c13-15-11-2-1-9(16(18)19)5-10(11)12(17)14-6-8-3-4-20-7-8/h1-5,7,15H,6,13H2,(H,14,17). The van der Waals surface area contributed by atoms with Gasteiger partial charge in [0.15, 0.2) is 0 Å². The molecule has 104 valence electrons. The SMILES string of the molecule is NNc1ccc([N+](=O)[O-])cc1C(=O)NCc1ccoc1. The third-order valence-corrected chi connectivity index (χ3v) is 2.65. The van der Waals surface area contributed by atoms with E-state index in [1.54, 1.807) is 6.07 Å². The number of amides is 1. The molecule has 8 heteroatoms. The molecule has 0 atom stereocenters. The van der Waals surface area contributed by atoms with Crippen molar-refractivity contribution >= 4 is 17.3 Å². The maximum absolute atomic E-state index is 12.0. The van der Waals surface area contributed by atoms with Crippen molar-refractivity contribution in [2.24, 2.45) is 5.84 Å². The first kappa shape index (κ1) is 13.6. The van der Waals surface area contributed by atoms with Gasteiger partial charge in [-0.3, -0.25) is 20.8 Å². The molecule has 0 radical (unpaired) electrons. The molecule has 1 aromatic carbocycles. The Bertz CT molecular complexity index is 624. The molecule has 0 bridgehead atoms. The Balaban J connectivity index is 2.18. The number of benzene rings is 1. The maximum atomic E-state index is 12.0. The molecule has 0 fully saturated rings. The van der Waals surface area contributed by atoms with Crippen LogP contribution in [-0.4, -0.2) is 10.8 Å². The number of nitrogen functional groups attached to an aromatic ring is 1. The Kier molecular flexibility index (Phi) is 3.96. The van der Waals surface area contributed by atoms with Gasteiger partial charge in [-0.2, -0.15) is 0 Å². The summed E-state index contributed by atoms with van der Waals surface area (Å²) in [7, 11) is 0. The molecule has 1 aromatic heterocycles. The Morgan fingerprint density at radius 1 is 1.40 bits per heavy atom. The number of carbonyl (C=O) groups excluding carboxylic acids is 1. The molecule has 0 unspecified atom stereocenters. The van der Waals surface area contributed by atoms with Crippen molar-refractivity contribution in [2.45, 2.75) is 6.54 Å². The van der Waals surface area contributed by atoms with Crippen LogP contribution >= 0.6 is 0 Å². The van der Waals surface area contributed by atoms with Gasteiger partial charge in [-0.05, 0) is 12.1 Å². The lowest BCUT2D eigenvalue weighted by Gasteiger charge is -2.09. The van der Waals surface area contributed by atoms with Crippen molar-refractivity contribution in [3.63, 3.8) is 0 Å². The molecule has 2 aromatic rings. The van der Waals surface area contributed by atoms with Crippen molar-refractivity contribution in [1.29, 1.82) is 0 Å². The predicted molar refractivity (Wildman–Crippen MR) is 70.8 cm³/mol. The van der Waals surface area contributed by atoms with E-state index in [9.17, 15) is 14.9 Å². The summed E-state index contributed by atoms with van der Waals surface area (Å²) in [5.74, 6) is 4.82. The molecule has 1 heterocycles. The molecule has 1 amide bonds. The van der Waals surface area contributed by atoms with E-state index in [1.807, 2.05) is 0 Å². The Morgan fingerprint density at radius 3 is 2.80 bits per heavy atom. The number of hydrogen-bond acceptors (Lipinski definition) is 6. The van der Waals surface area contributed by atoms with E-state index in [0.717, 1.165) is 5.56 Å². The molecule has 8 nitrogen and oxygen atoms in total. The van der Waals surface area contributed by atoms with Crippen LogP contribution < -0.4 is 16.6 Å². The fraction of sp³-hybridized carbons (Fsp3) is 0.0833. The van der Waals surface area contributed by atoms with Crippen molar-refractivity contribution < 1.29 is 14.1 Å². The maximum Gasteiger partial charge on any atom is 0.270 e. The highest BCUT2D eigenvalue weighted by atomic mass is 16.6. The molecular weight excluding hydrogens is 264 g/mol. The van der Waals surface area contributed by atoms with Crippen molar-refractivity contribution in [3.05, 3.63) is 58.0 Å². The second kappa shape index (κ2) is 5.85. The van der Waals surface area contributed by atoms with Crippen LogP contribution in [0, 0.1) is 10.1 Å². The number of anilines is 1. The first-order valence-corrected chi connectivity index (χ1v) is 5.66. The van der Waals surface area contributed by atoms with Gasteiger partial charge in [0.05, 0.1) is 28.7 Å². The zero-order valence-corrected chi connectivity index (χ0v) is 10.3. The molecule has 2 rings (SSSR count). The Labute approximate surface area is 113 Å². The van der Waals surface area contributed by atoms with Crippen LogP contribution in [0.4, 0.5) is 11.4 Å². The van der Waals surface area contributed by atoms with Gasteiger partial charge in [0.1, 0.15) is 0 Å². The molecule has 0 spiro atoms. The van der Waals surface area contributed by atoms with Gasteiger partial charge in [0.25, 0.3) is 11.6 Å². The van der Waals surface area contributed by atoms with E-state index >= 15 is 0 Å². The van der Waals surface area contributed by atoms with Crippen LogP contribution in [-0.2, 0) is 6.54 Å². The van der Waals surface area contributed by atoms with Crippen LogP contribution in [0.25, 0.3) is 0 Å². The average molecular weight is 276 g/mol. The van der Waals surface area contributed by atoms with Gasteiger partial charge in [0.2, 0.25) is 0 Å². The average Bonchev–Trinajstić information content (AvgIpc) is 2.97. The highest BCUT2D eigenvalue weighted by molar-refractivity contribution is 6.00. The number of nitrogens with two attached hydrogens (primary N) is 1. The molecule has 4 N–H and O–H groups in total. The third-order valence-electron chi connectivity index (χ3n) is 2.65. The van der Waals surface area contributed by atoms with E-state index in [1.165, 1.54) is 30.7 Å². The number of hydrogen-bond donors (Lipinski definition) is 3. The lowest BCUT2D eigenvalue weighted by molar-refractivity contribution is -0.384. The zero-order valence-electron chi connectivity index (χ0n) is 10.3. The minimum atomic E-state index is -0.576. The lowest BCUT2D eigenvalue weighted by Crippen LogP contribution is -2.24. The van der Waals surface area contributed by atoms with E-state index in [2.05, 4.69) is 10.7 Å². The van der Waals surface area contributed by atoms with E-state index < -0.39 is 10.8 Å². The highest BCUT2D eigenvalue weighted by Gasteiger charge is 2.16. The molecule has 0 aliphatic rings. The van der Waals surface area contributed by atoms with Crippen LogP contribution in [0.5, 0.6) is 0 Å². The van der Waals surface area contributed by atoms with Gasteiger partial charge < -0.3 is 15.2 Å². The van der Waals surface area contributed by atoms with Gasteiger partial charge in [-0.15, -0.1) is 0 Å². The van der Waals surface area contributed by atoms with Crippen molar-refractivity contribution in [3.8, 4) is 0 Å². The van der Waals surface area contributed by atoms with E-state index in [4.69, 9.17) is 10.3 Å². The summed E-state index contributed by atoms with van der Waals surface area (Å²) >= 11 is 0. The van der Waals surface area contributed by atoms with Gasteiger partial charge >= 0.3 is 0 Å². The largest absolute Gasteiger partial charge is 0.472 e. The van der Waals surface area contributed by atoms with Crippen LogP contribution in [0.1, 0.15) is 15.9 Å². The highest BCUT2D eigenvalue weighted by Crippen LogP contribution is 2.21. The summed E-state index contributed by atoms with van der Waals surface area (Å²) in [6.45, 7) is 0.252. The number of nitro groups is 1. The summed E-state index contributed by atoms with van der Waals surface area (Å²) in [6, 6.07) is 5.52.